The van der Waals surface area contributed by atoms with E-state index in [2.05, 4.69) is 10.2 Å². The van der Waals surface area contributed by atoms with Gasteiger partial charge in [-0.15, -0.1) is 0 Å². The molecule has 1 aromatic heterocycles. The van der Waals surface area contributed by atoms with E-state index in [0.29, 0.717) is 6.54 Å². The van der Waals surface area contributed by atoms with Crippen LogP contribution < -0.4 is 10.5 Å². The summed E-state index contributed by atoms with van der Waals surface area (Å²) in [6.07, 6.45) is 0.759. The van der Waals surface area contributed by atoms with Gasteiger partial charge in [0.25, 0.3) is 0 Å². The summed E-state index contributed by atoms with van der Waals surface area (Å²) in [6, 6.07) is 9.91. The molecule has 0 fully saturated rings. The minimum Gasteiger partial charge on any atom is -0.496 e. The van der Waals surface area contributed by atoms with Gasteiger partial charge in [0, 0.05) is 12.0 Å². The molecule has 0 amide bonds. The number of nitrogens with two attached hydrogens (primary N) is 1. The highest BCUT2D eigenvalue weighted by Crippen LogP contribution is 2.24. The third-order valence-corrected chi connectivity index (χ3v) is 2.81. The number of hydrogen-bond acceptors (Lipinski definition) is 4. The summed E-state index contributed by atoms with van der Waals surface area (Å²) in [4.78, 5) is 0. The quantitative estimate of drug-likeness (QED) is 0.891. The summed E-state index contributed by atoms with van der Waals surface area (Å²) >= 11 is 0. The van der Waals surface area contributed by atoms with E-state index in [0.717, 1.165) is 34.7 Å². The van der Waals surface area contributed by atoms with Crippen LogP contribution in [0.1, 0.15) is 11.3 Å². The maximum atomic E-state index is 5.48. The lowest BCUT2D eigenvalue weighted by molar-refractivity contribution is 0.412. The third kappa shape index (κ3) is 2.65. The number of ether oxygens (including phenoxy) is 1. The Balaban J connectivity index is 2.28. The van der Waals surface area contributed by atoms with Gasteiger partial charge >= 0.3 is 0 Å². The van der Waals surface area contributed by atoms with Crippen molar-refractivity contribution in [2.24, 2.45) is 5.73 Å². The Hall–Kier alpha value is -1.94. The van der Waals surface area contributed by atoms with Gasteiger partial charge in [0.05, 0.1) is 18.5 Å². The molecule has 4 heteroatoms. The van der Waals surface area contributed by atoms with E-state index < -0.39 is 0 Å². The highest BCUT2D eigenvalue weighted by molar-refractivity contribution is 5.61. The maximum Gasteiger partial charge on any atom is 0.121 e. The smallest absolute Gasteiger partial charge is 0.121 e. The van der Waals surface area contributed by atoms with Crippen molar-refractivity contribution >= 4 is 0 Å². The standard InChI is InChI=1S/C14H17N3O/c1-10-9-11(3-6-14(10)18-2)13-5-4-12(7-8-15)16-17-13/h3-6,9H,7-8,15H2,1-2H3. The van der Waals surface area contributed by atoms with E-state index in [4.69, 9.17) is 10.5 Å². The molecule has 0 bridgehead atoms. The second kappa shape index (κ2) is 5.60. The highest BCUT2D eigenvalue weighted by Gasteiger charge is 2.04. The maximum absolute atomic E-state index is 5.48. The van der Waals surface area contributed by atoms with Gasteiger partial charge in [-0.2, -0.15) is 10.2 Å². The van der Waals surface area contributed by atoms with Crippen LogP contribution in [0.5, 0.6) is 5.75 Å². The Bertz CT molecular complexity index is 523. The second-order valence-electron chi connectivity index (χ2n) is 4.13. The molecule has 2 rings (SSSR count). The summed E-state index contributed by atoms with van der Waals surface area (Å²) in [5.41, 5.74) is 9.39. The number of nitrogens with zero attached hydrogens (tertiary/aromatic N) is 2. The van der Waals surface area contributed by atoms with Crippen molar-refractivity contribution in [2.45, 2.75) is 13.3 Å². The van der Waals surface area contributed by atoms with Crippen LogP contribution in [0.15, 0.2) is 30.3 Å². The van der Waals surface area contributed by atoms with E-state index in [9.17, 15) is 0 Å². The fraction of sp³-hybridized carbons (Fsp3) is 0.286. The molecule has 0 radical (unpaired) electrons. The van der Waals surface area contributed by atoms with Crippen LogP contribution in [0.4, 0.5) is 0 Å². The molecule has 0 unspecified atom stereocenters. The van der Waals surface area contributed by atoms with Crippen molar-refractivity contribution < 1.29 is 4.74 Å². The molecule has 1 aromatic carbocycles. The third-order valence-electron chi connectivity index (χ3n) is 2.81. The van der Waals surface area contributed by atoms with Crippen molar-refractivity contribution in [1.82, 2.24) is 10.2 Å². The predicted molar refractivity (Wildman–Crippen MR) is 71.5 cm³/mol. The van der Waals surface area contributed by atoms with Gasteiger partial charge in [0.2, 0.25) is 0 Å². The Morgan fingerprint density at radius 1 is 1.17 bits per heavy atom. The number of benzene rings is 1. The minimum absolute atomic E-state index is 0.593. The van der Waals surface area contributed by atoms with Crippen molar-refractivity contribution in [3.8, 4) is 17.0 Å². The molecule has 0 aliphatic rings. The van der Waals surface area contributed by atoms with Gasteiger partial charge in [-0.1, -0.05) is 0 Å². The van der Waals surface area contributed by atoms with E-state index >= 15 is 0 Å². The van der Waals surface area contributed by atoms with Gasteiger partial charge in [0.15, 0.2) is 0 Å². The van der Waals surface area contributed by atoms with Crippen LogP contribution in [0.2, 0.25) is 0 Å². The predicted octanol–water partition coefficient (Wildman–Crippen LogP) is 1.96. The lowest BCUT2D eigenvalue weighted by Crippen LogP contribution is -2.05. The Morgan fingerprint density at radius 3 is 2.56 bits per heavy atom. The van der Waals surface area contributed by atoms with Gasteiger partial charge in [-0.25, -0.2) is 0 Å². The van der Waals surface area contributed by atoms with E-state index in [-0.39, 0.29) is 0 Å². The fourth-order valence-corrected chi connectivity index (χ4v) is 1.83. The molecule has 2 aromatic rings. The van der Waals surface area contributed by atoms with Crippen LogP contribution >= 0.6 is 0 Å². The number of aromatic nitrogens is 2. The SMILES string of the molecule is COc1ccc(-c2ccc(CCN)nn2)cc1C. The van der Waals surface area contributed by atoms with Gasteiger partial charge in [-0.05, 0) is 49.4 Å². The number of hydrogen-bond donors (Lipinski definition) is 1. The molecule has 1 heterocycles. The molecule has 0 saturated carbocycles. The lowest BCUT2D eigenvalue weighted by Gasteiger charge is -2.07. The first kappa shape index (κ1) is 12.5. The zero-order valence-electron chi connectivity index (χ0n) is 10.7. The molecule has 18 heavy (non-hydrogen) atoms. The average Bonchev–Trinajstić information content (AvgIpc) is 2.40. The molecule has 0 aliphatic carbocycles. The van der Waals surface area contributed by atoms with Crippen molar-refractivity contribution in [3.63, 3.8) is 0 Å². The number of rotatable bonds is 4. The van der Waals surface area contributed by atoms with Crippen molar-refractivity contribution in [3.05, 3.63) is 41.6 Å². The molecular formula is C14H17N3O. The van der Waals surface area contributed by atoms with E-state index in [1.165, 1.54) is 0 Å². The zero-order chi connectivity index (χ0) is 13.0. The van der Waals surface area contributed by atoms with Gasteiger partial charge < -0.3 is 10.5 Å². The summed E-state index contributed by atoms with van der Waals surface area (Å²) in [5.74, 6) is 0.881. The first-order valence-electron chi connectivity index (χ1n) is 5.92. The van der Waals surface area contributed by atoms with Crippen LogP contribution in [-0.4, -0.2) is 23.9 Å². The molecular weight excluding hydrogens is 226 g/mol. The Labute approximate surface area is 107 Å². The van der Waals surface area contributed by atoms with E-state index in [1.54, 1.807) is 7.11 Å². The fourth-order valence-electron chi connectivity index (χ4n) is 1.83. The molecule has 0 atom stereocenters. The lowest BCUT2D eigenvalue weighted by atomic mass is 10.1. The van der Waals surface area contributed by atoms with Crippen LogP contribution in [0.25, 0.3) is 11.3 Å². The van der Waals surface area contributed by atoms with Crippen LogP contribution in [-0.2, 0) is 6.42 Å². The molecule has 0 aliphatic heterocycles. The summed E-state index contributed by atoms with van der Waals surface area (Å²) in [7, 11) is 1.67. The first-order valence-corrected chi connectivity index (χ1v) is 5.92. The topological polar surface area (TPSA) is 61.0 Å². The second-order valence-corrected chi connectivity index (χ2v) is 4.13. The van der Waals surface area contributed by atoms with E-state index in [1.807, 2.05) is 37.3 Å². The molecule has 94 valence electrons. The normalized spacial score (nSPS) is 10.4. The summed E-state index contributed by atoms with van der Waals surface area (Å²) < 4.78 is 5.24. The molecule has 0 saturated heterocycles. The molecule has 4 nitrogen and oxygen atoms in total. The summed E-state index contributed by atoms with van der Waals surface area (Å²) in [6.45, 7) is 2.61. The minimum atomic E-state index is 0.593. The number of methoxy groups -OCH3 is 1. The average molecular weight is 243 g/mol. The van der Waals surface area contributed by atoms with Crippen molar-refractivity contribution in [2.75, 3.05) is 13.7 Å². The number of aryl methyl sites for hydroxylation is 1. The van der Waals surface area contributed by atoms with Gasteiger partial charge in [0.1, 0.15) is 5.75 Å². The monoisotopic (exact) mass is 243 g/mol. The van der Waals surface area contributed by atoms with Crippen LogP contribution in [0.3, 0.4) is 0 Å². The van der Waals surface area contributed by atoms with Crippen LogP contribution in [0, 0.1) is 6.92 Å². The highest BCUT2D eigenvalue weighted by atomic mass is 16.5. The largest absolute Gasteiger partial charge is 0.496 e. The first-order chi connectivity index (χ1) is 8.74. The molecule has 2 N–H and O–H groups in total. The van der Waals surface area contributed by atoms with Gasteiger partial charge in [-0.3, -0.25) is 0 Å². The Kier molecular flexibility index (Phi) is 3.89. The Morgan fingerprint density at radius 2 is 2.00 bits per heavy atom. The zero-order valence-corrected chi connectivity index (χ0v) is 10.7. The molecule has 0 spiro atoms. The van der Waals surface area contributed by atoms with Crippen molar-refractivity contribution in [1.29, 1.82) is 0 Å². The summed E-state index contributed by atoms with van der Waals surface area (Å²) in [5, 5.41) is 8.37.